The molecule has 0 aromatic heterocycles. The number of aryl methyl sites for hydroxylation is 2. The predicted molar refractivity (Wildman–Crippen MR) is 258 cm³/mol. The van der Waals surface area contributed by atoms with E-state index in [1.165, 1.54) is 98.9 Å². The number of nitrogens with zero attached hydrogens (tertiary/aromatic N) is 2. The van der Waals surface area contributed by atoms with Gasteiger partial charge in [-0.05, 0) is 129 Å². The van der Waals surface area contributed by atoms with Gasteiger partial charge in [0.05, 0.1) is 22.7 Å². The van der Waals surface area contributed by atoms with Gasteiger partial charge in [0.2, 0.25) is 0 Å². The number of anilines is 6. The van der Waals surface area contributed by atoms with Crippen LogP contribution in [0.15, 0.2) is 194 Å². The van der Waals surface area contributed by atoms with Crippen molar-refractivity contribution in [2.24, 2.45) is 0 Å². The third-order valence-corrected chi connectivity index (χ3v) is 12.9. The third kappa shape index (κ3) is 5.48. The number of hydrogen-bond acceptors (Lipinski definition) is 2. The van der Waals surface area contributed by atoms with Crippen LogP contribution in [-0.2, 0) is 12.8 Å². The highest BCUT2D eigenvalue weighted by atomic mass is 15.2. The highest BCUT2D eigenvalue weighted by molar-refractivity contribution is 6.25. The van der Waals surface area contributed by atoms with Crippen LogP contribution in [-0.4, -0.2) is 0 Å². The number of hydrogen-bond donors (Lipinski definition) is 0. The number of fused-ring (bicyclic) bond motifs is 11. The van der Waals surface area contributed by atoms with Crippen molar-refractivity contribution in [1.82, 2.24) is 0 Å². The first-order chi connectivity index (χ1) is 29.8. The summed E-state index contributed by atoms with van der Waals surface area (Å²) in [6, 6.07) is 67.6. The van der Waals surface area contributed by atoms with Crippen LogP contribution < -0.4 is 9.80 Å². The Morgan fingerprint density at radius 2 is 0.767 bits per heavy atom. The van der Waals surface area contributed by atoms with Gasteiger partial charge >= 0.3 is 0 Å². The van der Waals surface area contributed by atoms with E-state index in [0.29, 0.717) is 0 Å². The van der Waals surface area contributed by atoms with E-state index in [4.69, 9.17) is 0 Å². The summed E-state index contributed by atoms with van der Waals surface area (Å²) in [6.07, 6.45) is 13.6. The molecule has 12 rings (SSSR count). The van der Waals surface area contributed by atoms with Gasteiger partial charge in [-0.25, -0.2) is 0 Å². The van der Waals surface area contributed by atoms with Crippen molar-refractivity contribution in [3.63, 3.8) is 0 Å². The Labute approximate surface area is 350 Å². The third-order valence-electron chi connectivity index (χ3n) is 12.9. The number of benzene rings is 10. The van der Waals surface area contributed by atoms with E-state index < -0.39 is 0 Å². The van der Waals surface area contributed by atoms with Crippen LogP contribution >= 0.6 is 0 Å². The fraction of sp³-hybridized carbons (Fsp3) is 0.0690. The largest absolute Gasteiger partial charge is 0.309 e. The van der Waals surface area contributed by atoms with Gasteiger partial charge in [0.1, 0.15) is 0 Å². The van der Waals surface area contributed by atoms with Crippen LogP contribution in [0.25, 0.3) is 66.0 Å². The number of para-hydroxylation sites is 2. The molecule has 0 atom stereocenters. The Morgan fingerprint density at radius 1 is 0.317 bits per heavy atom. The van der Waals surface area contributed by atoms with Crippen molar-refractivity contribution in [2.45, 2.75) is 25.7 Å². The fourth-order valence-corrected chi connectivity index (χ4v) is 10.2. The van der Waals surface area contributed by atoms with Crippen LogP contribution in [0.5, 0.6) is 0 Å². The second kappa shape index (κ2) is 14.1. The quantitative estimate of drug-likeness (QED) is 0.156. The van der Waals surface area contributed by atoms with Crippen LogP contribution in [0.4, 0.5) is 34.1 Å². The molecule has 0 bridgehead atoms. The van der Waals surface area contributed by atoms with Crippen molar-refractivity contribution < 1.29 is 0 Å². The summed E-state index contributed by atoms with van der Waals surface area (Å²) in [5.74, 6) is 0. The summed E-state index contributed by atoms with van der Waals surface area (Å²) in [5.41, 5.74) is 12.5. The molecule has 10 aromatic rings. The van der Waals surface area contributed by atoms with Gasteiger partial charge in [-0.1, -0.05) is 158 Å². The molecule has 60 heavy (non-hydrogen) atoms. The Bertz CT molecular complexity index is 3380. The summed E-state index contributed by atoms with van der Waals surface area (Å²) < 4.78 is 0. The number of rotatable bonds is 6. The second-order valence-electron chi connectivity index (χ2n) is 16.2. The molecule has 0 heterocycles. The summed E-state index contributed by atoms with van der Waals surface area (Å²) in [5, 5.41) is 12.6. The zero-order chi connectivity index (χ0) is 39.6. The number of allylic oxidation sites excluding steroid dienone is 2. The van der Waals surface area contributed by atoms with Crippen LogP contribution in [0.2, 0.25) is 0 Å². The first-order valence-corrected chi connectivity index (χ1v) is 21.3. The lowest BCUT2D eigenvalue weighted by Gasteiger charge is -2.32. The smallest absolute Gasteiger partial charge is 0.0546 e. The molecular weight excluding hydrogens is 725 g/mol. The molecule has 0 unspecified atom stereocenters. The predicted octanol–water partition coefficient (Wildman–Crippen LogP) is 16.3. The van der Waals surface area contributed by atoms with Gasteiger partial charge in [0.25, 0.3) is 0 Å². The maximum atomic E-state index is 2.52. The monoisotopic (exact) mass is 766 g/mol. The normalized spacial score (nSPS) is 13.3. The van der Waals surface area contributed by atoms with E-state index in [2.05, 4.69) is 216 Å². The fourth-order valence-electron chi connectivity index (χ4n) is 10.2. The highest BCUT2D eigenvalue weighted by Crippen LogP contribution is 2.50. The molecule has 0 radical (unpaired) electrons. The minimum absolute atomic E-state index is 1.03. The van der Waals surface area contributed by atoms with Crippen LogP contribution in [0, 0.1) is 0 Å². The summed E-state index contributed by atoms with van der Waals surface area (Å²) in [6.45, 7) is 0. The van der Waals surface area contributed by atoms with Crippen LogP contribution in [0.3, 0.4) is 0 Å². The molecule has 2 aliphatic rings. The maximum Gasteiger partial charge on any atom is 0.0546 e. The van der Waals surface area contributed by atoms with Gasteiger partial charge in [0, 0.05) is 33.1 Å². The van der Waals surface area contributed by atoms with Gasteiger partial charge in [-0.3, -0.25) is 0 Å². The minimum Gasteiger partial charge on any atom is -0.309 e. The van der Waals surface area contributed by atoms with Crippen molar-refractivity contribution in [2.75, 3.05) is 9.80 Å². The Hall–Kier alpha value is -7.42. The van der Waals surface area contributed by atoms with Gasteiger partial charge in [-0.2, -0.15) is 0 Å². The topological polar surface area (TPSA) is 6.48 Å². The minimum atomic E-state index is 1.03. The van der Waals surface area contributed by atoms with E-state index in [0.717, 1.165) is 37.1 Å². The molecule has 10 aromatic carbocycles. The molecule has 2 nitrogen and oxygen atoms in total. The van der Waals surface area contributed by atoms with Gasteiger partial charge in [0.15, 0.2) is 0 Å². The first-order valence-electron chi connectivity index (χ1n) is 21.3. The Kier molecular flexibility index (Phi) is 8.16. The molecule has 0 saturated heterocycles. The van der Waals surface area contributed by atoms with Crippen molar-refractivity contribution in [3.05, 3.63) is 216 Å². The van der Waals surface area contributed by atoms with Crippen molar-refractivity contribution in [1.29, 1.82) is 0 Å². The highest BCUT2D eigenvalue weighted by Gasteiger charge is 2.26. The Balaban J connectivity index is 1.18. The van der Waals surface area contributed by atoms with Crippen LogP contribution in [0.1, 0.15) is 35.1 Å². The van der Waals surface area contributed by atoms with E-state index in [-0.39, 0.29) is 0 Å². The van der Waals surface area contributed by atoms with Gasteiger partial charge in [-0.15, -0.1) is 0 Å². The maximum absolute atomic E-state index is 2.52. The van der Waals surface area contributed by atoms with E-state index in [1.54, 1.807) is 0 Å². The summed E-state index contributed by atoms with van der Waals surface area (Å²) in [4.78, 5) is 5.04. The zero-order valence-corrected chi connectivity index (χ0v) is 33.4. The van der Waals surface area contributed by atoms with Gasteiger partial charge < -0.3 is 9.80 Å². The first kappa shape index (κ1) is 34.6. The van der Waals surface area contributed by atoms with E-state index in [1.807, 2.05) is 0 Å². The molecular formula is C58H42N2. The Morgan fingerprint density at radius 3 is 1.38 bits per heavy atom. The lowest BCUT2D eigenvalue weighted by Crippen LogP contribution is -2.14. The van der Waals surface area contributed by atoms with E-state index >= 15 is 0 Å². The SMILES string of the molecule is C1=Cc2c(N(c3ccccc3)c3cc4c5ccccc5c(N(c5ccccc5)c5cc6c(c7ccccc57)CCC=C6)cc4c4ccccc34)cc3ccccc3c2CC1. The average Bonchev–Trinajstić information content (AvgIpc) is 3.32. The zero-order valence-electron chi connectivity index (χ0n) is 33.4. The van der Waals surface area contributed by atoms with Crippen molar-refractivity contribution >= 4 is 100 Å². The molecule has 0 aliphatic heterocycles. The van der Waals surface area contributed by atoms with Crippen molar-refractivity contribution in [3.8, 4) is 0 Å². The molecule has 284 valence electrons. The molecule has 0 amide bonds. The standard InChI is InChI=1S/C58H42N2/c1-3-21-41(22-4-1)59(55-35-39-19-7-9-25-43(39)45-27-11-15-31-49(45)55)57-37-53-48-30-14-18-34-52(48)58(38-54(53)47-29-13-17-33-51(47)57)60(42-23-5-2-6-24-42)56-36-40-20-8-10-26-44(40)46-28-12-16-32-50(46)56/h1-9,12-25,28-38H,10-11,26-27H2. The second-order valence-corrected chi connectivity index (χ2v) is 16.2. The lowest BCUT2D eigenvalue weighted by atomic mass is 9.89. The molecule has 0 fully saturated rings. The summed E-state index contributed by atoms with van der Waals surface area (Å²) >= 11 is 0. The molecule has 0 N–H and O–H groups in total. The average molecular weight is 767 g/mol. The molecule has 0 saturated carbocycles. The summed E-state index contributed by atoms with van der Waals surface area (Å²) in [7, 11) is 0. The molecule has 2 heteroatoms. The molecule has 0 spiro atoms. The lowest BCUT2D eigenvalue weighted by molar-refractivity contribution is 0.995. The van der Waals surface area contributed by atoms with E-state index in [9.17, 15) is 0 Å². The molecule has 2 aliphatic carbocycles.